The molecular formula is C20H32N6O. The Morgan fingerprint density at radius 2 is 1.59 bits per heavy atom. The third kappa shape index (κ3) is 4.58. The highest BCUT2D eigenvalue weighted by Crippen LogP contribution is 2.24. The first-order valence-electron chi connectivity index (χ1n) is 10.5. The average molecular weight is 373 g/mol. The number of hydrogen-bond acceptors (Lipinski definition) is 6. The maximum Gasteiger partial charge on any atom is 0.236 e. The summed E-state index contributed by atoms with van der Waals surface area (Å²) < 4.78 is 0. The summed E-state index contributed by atoms with van der Waals surface area (Å²) in [5.74, 6) is 1.09. The summed E-state index contributed by atoms with van der Waals surface area (Å²) in [5.41, 5.74) is 1.08. The summed E-state index contributed by atoms with van der Waals surface area (Å²) in [6.07, 6.45) is 9.19. The highest BCUT2D eigenvalue weighted by molar-refractivity contribution is 5.78. The smallest absolute Gasteiger partial charge is 0.236 e. The van der Waals surface area contributed by atoms with E-state index in [-0.39, 0.29) is 0 Å². The first-order valence-corrected chi connectivity index (χ1v) is 10.5. The number of anilines is 1. The molecule has 7 nitrogen and oxygen atoms in total. The molecule has 3 heterocycles. The van der Waals surface area contributed by atoms with Gasteiger partial charge in [-0.1, -0.05) is 12.8 Å². The molecule has 4 rings (SSSR count). The highest BCUT2D eigenvalue weighted by atomic mass is 16.2. The van der Waals surface area contributed by atoms with Crippen LogP contribution < -0.4 is 4.90 Å². The van der Waals surface area contributed by atoms with Crippen molar-refractivity contribution in [3.63, 3.8) is 0 Å². The van der Waals surface area contributed by atoms with Crippen molar-refractivity contribution in [2.75, 3.05) is 63.8 Å². The SMILES string of the molecule is Cc1cnc(N2CCN(CC(=O)N3CCN(C4CCCC4)CC3)CC2)nc1. The van der Waals surface area contributed by atoms with E-state index in [0.717, 1.165) is 69.9 Å². The number of nitrogens with zero attached hydrogens (tertiary/aromatic N) is 6. The van der Waals surface area contributed by atoms with Gasteiger partial charge in [0.1, 0.15) is 0 Å². The Labute approximate surface area is 162 Å². The van der Waals surface area contributed by atoms with Crippen LogP contribution in [-0.2, 0) is 4.79 Å². The van der Waals surface area contributed by atoms with Crippen molar-refractivity contribution < 1.29 is 4.79 Å². The van der Waals surface area contributed by atoms with Crippen molar-refractivity contribution in [1.29, 1.82) is 0 Å². The average Bonchev–Trinajstić information content (AvgIpc) is 3.24. The van der Waals surface area contributed by atoms with Crippen LogP contribution in [0.1, 0.15) is 31.2 Å². The lowest BCUT2D eigenvalue weighted by atomic mass is 10.2. The molecule has 0 unspecified atom stereocenters. The maximum atomic E-state index is 12.7. The molecule has 0 atom stereocenters. The van der Waals surface area contributed by atoms with Crippen LogP contribution in [0.4, 0.5) is 5.95 Å². The third-order valence-corrected chi connectivity index (χ3v) is 6.29. The molecule has 0 aromatic carbocycles. The Bertz CT molecular complexity index is 614. The summed E-state index contributed by atoms with van der Waals surface area (Å²) in [6.45, 7) is 9.99. The molecule has 0 bridgehead atoms. The number of carbonyl (C=O) groups excluding carboxylic acids is 1. The van der Waals surface area contributed by atoms with E-state index in [1.165, 1.54) is 25.7 Å². The zero-order valence-corrected chi connectivity index (χ0v) is 16.5. The fourth-order valence-electron chi connectivity index (χ4n) is 4.55. The van der Waals surface area contributed by atoms with Gasteiger partial charge in [0, 0.05) is 70.8 Å². The molecule has 27 heavy (non-hydrogen) atoms. The summed E-state index contributed by atoms with van der Waals surface area (Å²) in [5, 5.41) is 0. The van der Waals surface area contributed by atoms with Crippen molar-refractivity contribution in [2.45, 2.75) is 38.6 Å². The third-order valence-electron chi connectivity index (χ3n) is 6.29. The number of carbonyl (C=O) groups is 1. The number of hydrogen-bond donors (Lipinski definition) is 0. The molecule has 148 valence electrons. The number of aromatic nitrogens is 2. The molecule has 1 aromatic rings. The summed E-state index contributed by atoms with van der Waals surface area (Å²) in [6, 6.07) is 0.777. The van der Waals surface area contributed by atoms with Gasteiger partial charge in [-0.25, -0.2) is 9.97 Å². The van der Waals surface area contributed by atoms with Crippen LogP contribution in [-0.4, -0.2) is 95.5 Å². The van der Waals surface area contributed by atoms with Crippen molar-refractivity contribution in [1.82, 2.24) is 24.7 Å². The predicted octanol–water partition coefficient (Wildman–Crippen LogP) is 0.994. The van der Waals surface area contributed by atoms with Crippen molar-refractivity contribution in [2.24, 2.45) is 0 Å². The van der Waals surface area contributed by atoms with E-state index >= 15 is 0 Å². The van der Waals surface area contributed by atoms with Gasteiger partial charge < -0.3 is 9.80 Å². The Morgan fingerprint density at radius 1 is 0.963 bits per heavy atom. The van der Waals surface area contributed by atoms with Crippen LogP contribution in [0.15, 0.2) is 12.4 Å². The normalized spacial score (nSPS) is 23.1. The first kappa shape index (κ1) is 18.6. The molecular weight excluding hydrogens is 340 g/mol. The van der Waals surface area contributed by atoms with E-state index in [0.29, 0.717) is 12.5 Å². The zero-order valence-electron chi connectivity index (χ0n) is 16.5. The Hall–Kier alpha value is -1.73. The molecule has 1 aromatic heterocycles. The predicted molar refractivity (Wildman–Crippen MR) is 106 cm³/mol. The lowest BCUT2D eigenvalue weighted by Crippen LogP contribution is -2.55. The minimum Gasteiger partial charge on any atom is -0.339 e. The number of aryl methyl sites for hydroxylation is 1. The first-order chi connectivity index (χ1) is 13.2. The molecule has 1 amide bonds. The molecule has 2 aliphatic heterocycles. The van der Waals surface area contributed by atoms with E-state index < -0.39 is 0 Å². The Morgan fingerprint density at radius 3 is 2.22 bits per heavy atom. The number of amides is 1. The largest absolute Gasteiger partial charge is 0.339 e. The van der Waals surface area contributed by atoms with Crippen LogP contribution in [0.25, 0.3) is 0 Å². The van der Waals surface area contributed by atoms with Crippen LogP contribution in [0.5, 0.6) is 0 Å². The molecule has 3 fully saturated rings. The highest BCUT2D eigenvalue weighted by Gasteiger charge is 2.29. The summed E-state index contributed by atoms with van der Waals surface area (Å²) in [4.78, 5) is 30.7. The van der Waals surface area contributed by atoms with E-state index in [1.54, 1.807) is 0 Å². The number of piperazine rings is 2. The van der Waals surface area contributed by atoms with Gasteiger partial charge in [0.05, 0.1) is 6.54 Å². The van der Waals surface area contributed by atoms with E-state index in [9.17, 15) is 4.79 Å². The lowest BCUT2D eigenvalue weighted by Gasteiger charge is -2.39. The van der Waals surface area contributed by atoms with Gasteiger partial charge in [0.15, 0.2) is 0 Å². The molecule has 1 saturated carbocycles. The van der Waals surface area contributed by atoms with E-state index in [4.69, 9.17) is 0 Å². The fraction of sp³-hybridized carbons (Fsp3) is 0.750. The van der Waals surface area contributed by atoms with Gasteiger partial charge in [-0.05, 0) is 25.3 Å². The van der Waals surface area contributed by atoms with Crippen molar-refractivity contribution >= 4 is 11.9 Å². The van der Waals surface area contributed by atoms with Crippen LogP contribution >= 0.6 is 0 Å². The second-order valence-electron chi connectivity index (χ2n) is 8.18. The molecule has 0 radical (unpaired) electrons. The minimum atomic E-state index is 0.293. The Balaban J connectivity index is 1.20. The number of rotatable bonds is 4. The summed E-state index contributed by atoms with van der Waals surface area (Å²) >= 11 is 0. The van der Waals surface area contributed by atoms with Crippen LogP contribution in [0, 0.1) is 6.92 Å². The van der Waals surface area contributed by atoms with Gasteiger partial charge in [0.2, 0.25) is 11.9 Å². The van der Waals surface area contributed by atoms with Crippen molar-refractivity contribution in [3.8, 4) is 0 Å². The van der Waals surface area contributed by atoms with Gasteiger partial charge in [-0.2, -0.15) is 0 Å². The topological polar surface area (TPSA) is 55.8 Å². The molecule has 0 N–H and O–H groups in total. The van der Waals surface area contributed by atoms with E-state index in [1.807, 2.05) is 19.3 Å². The van der Waals surface area contributed by atoms with E-state index in [2.05, 4.69) is 29.6 Å². The van der Waals surface area contributed by atoms with Crippen LogP contribution in [0.2, 0.25) is 0 Å². The van der Waals surface area contributed by atoms with Gasteiger partial charge >= 0.3 is 0 Å². The molecule has 1 aliphatic carbocycles. The molecule has 7 heteroatoms. The molecule has 0 spiro atoms. The van der Waals surface area contributed by atoms with Crippen LogP contribution in [0.3, 0.4) is 0 Å². The fourth-order valence-corrected chi connectivity index (χ4v) is 4.55. The second kappa shape index (κ2) is 8.52. The van der Waals surface area contributed by atoms with Crippen molar-refractivity contribution in [3.05, 3.63) is 18.0 Å². The second-order valence-corrected chi connectivity index (χ2v) is 8.18. The minimum absolute atomic E-state index is 0.293. The lowest BCUT2D eigenvalue weighted by molar-refractivity contribution is -0.134. The van der Waals surface area contributed by atoms with Gasteiger partial charge in [-0.3, -0.25) is 14.6 Å². The monoisotopic (exact) mass is 372 g/mol. The summed E-state index contributed by atoms with van der Waals surface area (Å²) in [7, 11) is 0. The quantitative estimate of drug-likeness (QED) is 0.786. The zero-order chi connectivity index (χ0) is 18.6. The van der Waals surface area contributed by atoms with Gasteiger partial charge in [0.25, 0.3) is 0 Å². The maximum absolute atomic E-state index is 12.7. The molecule has 3 aliphatic rings. The molecule has 2 saturated heterocycles. The standard InChI is InChI=1S/C20H32N6O/c1-17-14-21-20(22-15-17)26-8-6-23(7-9-26)16-19(27)25-12-10-24(11-13-25)18-4-2-3-5-18/h14-15,18H,2-13,16H2,1H3. The van der Waals surface area contributed by atoms with Gasteiger partial charge in [-0.15, -0.1) is 0 Å². The Kier molecular flexibility index (Phi) is 5.88.